The highest BCUT2D eigenvalue weighted by atomic mass is 15.3. The average molecular weight is 207 g/mol. The third-order valence-electron chi connectivity index (χ3n) is 3.70. The molecule has 0 unspecified atom stereocenters. The second-order valence-corrected chi connectivity index (χ2v) is 4.77. The summed E-state index contributed by atoms with van der Waals surface area (Å²) < 4.78 is 1.79. The molecule has 0 aliphatic heterocycles. The van der Waals surface area contributed by atoms with E-state index in [0.29, 0.717) is 0 Å². The SMILES string of the molecule is Cc1c(CCC2CCCC2)nn(C)c1N. The van der Waals surface area contributed by atoms with E-state index in [4.69, 9.17) is 5.73 Å². The zero-order valence-corrected chi connectivity index (χ0v) is 9.79. The van der Waals surface area contributed by atoms with Crippen molar-refractivity contribution in [3.8, 4) is 0 Å². The van der Waals surface area contributed by atoms with Crippen molar-refractivity contribution in [2.24, 2.45) is 13.0 Å². The van der Waals surface area contributed by atoms with Crippen LogP contribution in [0.15, 0.2) is 0 Å². The minimum atomic E-state index is 0.816. The van der Waals surface area contributed by atoms with Crippen molar-refractivity contribution in [3.05, 3.63) is 11.3 Å². The van der Waals surface area contributed by atoms with E-state index >= 15 is 0 Å². The Morgan fingerprint density at radius 2 is 2.07 bits per heavy atom. The van der Waals surface area contributed by atoms with Crippen LogP contribution in [-0.2, 0) is 13.5 Å². The molecule has 1 aliphatic rings. The number of rotatable bonds is 3. The zero-order valence-electron chi connectivity index (χ0n) is 9.79. The Balaban J connectivity index is 1.95. The summed E-state index contributed by atoms with van der Waals surface area (Å²) in [6, 6.07) is 0. The molecule has 1 aromatic rings. The van der Waals surface area contributed by atoms with Gasteiger partial charge in [0.05, 0.1) is 5.69 Å². The first-order chi connectivity index (χ1) is 7.18. The molecule has 0 radical (unpaired) electrons. The largest absolute Gasteiger partial charge is 0.384 e. The van der Waals surface area contributed by atoms with E-state index in [0.717, 1.165) is 18.2 Å². The fourth-order valence-electron chi connectivity index (χ4n) is 2.58. The zero-order chi connectivity index (χ0) is 10.8. The van der Waals surface area contributed by atoms with Gasteiger partial charge >= 0.3 is 0 Å². The quantitative estimate of drug-likeness (QED) is 0.827. The fourth-order valence-corrected chi connectivity index (χ4v) is 2.58. The molecule has 3 nitrogen and oxygen atoms in total. The molecular formula is C12H21N3. The summed E-state index contributed by atoms with van der Waals surface area (Å²) in [5, 5.41) is 4.46. The van der Waals surface area contributed by atoms with Crippen LogP contribution in [0.5, 0.6) is 0 Å². The second kappa shape index (κ2) is 4.25. The lowest BCUT2D eigenvalue weighted by atomic mass is 9.99. The lowest BCUT2D eigenvalue weighted by Gasteiger charge is -2.06. The molecule has 0 atom stereocenters. The molecule has 15 heavy (non-hydrogen) atoms. The van der Waals surface area contributed by atoms with Crippen LogP contribution in [0.4, 0.5) is 5.82 Å². The second-order valence-electron chi connectivity index (χ2n) is 4.77. The molecule has 1 heterocycles. The molecule has 0 amide bonds. The summed E-state index contributed by atoms with van der Waals surface area (Å²) in [5.74, 6) is 1.75. The smallest absolute Gasteiger partial charge is 0.124 e. The normalized spacial score (nSPS) is 17.5. The number of nitrogens with two attached hydrogens (primary N) is 1. The van der Waals surface area contributed by atoms with Crippen LogP contribution < -0.4 is 5.73 Å². The van der Waals surface area contributed by atoms with Crippen LogP contribution in [0.1, 0.15) is 43.4 Å². The van der Waals surface area contributed by atoms with Gasteiger partial charge in [-0.05, 0) is 25.7 Å². The number of anilines is 1. The van der Waals surface area contributed by atoms with Gasteiger partial charge in [-0.3, -0.25) is 4.68 Å². The number of nitrogen functional groups attached to an aromatic ring is 1. The molecule has 2 rings (SSSR count). The molecule has 3 heteroatoms. The van der Waals surface area contributed by atoms with E-state index in [1.54, 1.807) is 4.68 Å². The summed E-state index contributed by atoms with van der Waals surface area (Å²) in [6.45, 7) is 2.08. The first-order valence-corrected chi connectivity index (χ1v) is 5.96. The maximum atomic E-state index is 5.89. The molecule has 84 valence electrons. The predicted octanol–water partition coefficient (Wildman–Crippen LogP) is 2.43. The Hall–Kier alpha value is -0.990. The topological polar surface area (TPSA) is 43.8 Å². The molecule has 1 aromatic heterocycles. The van der Waals surface area contributed by atoms with Gasteiger partial charge in [0.2, 0.25) is 0 Å². The van der Waals surface area contributed by atoms with Gasteiger partial charge in [-0.2, -0.15) is 5.10 Å². The molecule has 0 aromatic carbocycles. The number of aromatic nitrogens is 2. The van der Waals surface area contributed by atoms with Crippen molar-refractivity contribution < 1.29 is 0 Å². The number of hydrogen-bond acceptors (Lipinski definition) is 2. The van der Waals surface area contributed by atoms with Gasteiger partial charge < -0.3 is 5.73 Å². The predicted molar refractivity (Wildman–Crippen MR) is 62.6 cm³/mol. The molecule has 1 saturated carbocycles. The molecule has 0 spiro atoms. The average Bonchev–Trinajstić information content (AvgIpc) is 2.80. The fraction of sp³-hybridized carbons (Fsp3) is 0.750. The highest BCUT2D eigenvalue weighted by Gasteiger charge is 2.16. The van der Waals surface area contributed by atoms with E-state index in [1.165, 1.54) is 43.4 Å². The Bertz CT molecular complexity index is 335. The molecule has 0 bridgehead atoms. The Kier molecular flexibility index (Phi) is 2.98. The van der Waals surface area contributed by atoms with Crippen LogP contribution >= 0.6 is 0 Å². The lowest BCUT2D eigenvalue weighted by molar-refractivity contribution is 0.498. The van der Waals surface area contributed by atoms with Crippen LogP contribution in [-0.4, -0.2) is 9.78 Å². The molecule has 0 saturated heterocycles. The van der Waals surface area contributed by atoms with E-state index in [1.807, 2.05) is 7.05 Å². The van der Waals surface area contributed by atoms with Crippen LogP contribution in [0.2, 0.25) is 0 Å². The van der Waals surface area contributed by atoms with Gasteiger partial charge in [-0.1, -0.05) is 25.7 Å². The third kappa shape index (κ3) is 2.16. The maximum Gasteiger partial charge on any atom is 0.124 e. The highest BCUT2D eigenvalue weighted by Crippen LogP contribution is 2.29. The molecule has 2 N–H and O–H groups in total. The lowest BCUT2D eigenvalue weighted by Crippen LogP contribution is -1.99. The van der Waals surface area contributed by atoms with Crippen LogP contribution in [0.25, 0.3) is 0 Å². The number of hydrogen-bond donors (Lipinski definition) is 1. The Labute approximate surface area is 91.7 Å². The van der Waals surface area contributed by atoms with Crippen LogP contribution in [0.3, 0.4) is 0 Å². The van der Waals surface area contributed by atoms with Crippen molar-refractivity contribution in [3.63, 3.8) is 0 Å². The highest BCUT2D eigenvalue weighted by molar-refractivity contribution is 5.42. The molecule has 1 fully saturated rings. The van der Waals surface area contributed by atoms with Crippen molar-refractivity contribution in [2.75, 3.05) is 5.73 Å². The maximum absolute atomic E-state index is 5.89. The minimum Gasteiger partial charge on any atom is -0.384 e. The van der Waals surface area contributed by atoms with Crippen LogP contribution in [0, 0.1) is 12.8 Å². The van der Waals surface area contributed by atoms with Crippen molar-refractivity contribution >= 4 is 5.82 Å². The molecular weight excluding hydrogens is 186 g/mol. The molecule has 1 aliphatic carbocycles. The van der Waals surface area contributed by atoms with Crippen molar-refractivity contribution in [2.45, 2.75) is 45.4 Å². The van der Waals surface area contributed by atoms with Crippen molar-refractivity contribution in [1.82, 2.24) is 9.78 Å². The van der Waals surface area contributed by atoms with Gasteiger partial charge in [0.1, 0.15) is 5.82 Å². The summed E-state index contributed by atoms with van der Waals surface area (Å²) >= 11 is 0. The Morgan fingerprint density at radius 3 is 2.60 bits per heavy atom. The first-order valence-electron chi connectivity index (χ1n) is 5.96. The summed E-state index contributed by atoms with van der Waals surface area (Å²) in [5.41, 5.74) is 8.26. The monoisotopic (exact) mass is 207 g/mol. The van der Waals surface area contributed by atoms with Gasteiger partial charge in [0.25, 0.3) is 0 Å². The summed E-state index contributed by atoms with van der Waals surface area (Å²) in [6.07, 6.45) is 8.07. The summed E-state index contributed by atoms with van der Waals surface area (Å²) in [7, 11) is 1.92. The summed E-state index contributed by atoms with van der Waals surface area (Å²) in [4.78, 5) is 0. The standard InChI is InChI=1S/C12H21N3/c1-9-11(14-15(2)12(9)13)8-7-10-5-3-4-6-10/h10H,3-8,13H2,1-2H3. The van der Waals surface area contributed by atoms with E-state index in [9.17, 15) is 0 Å². The number of nitrogens with zero attached hydrogens (tertiary/aromatic N) is 2. The van der Waals surface area contributed by atoms with Crippen molar-refractivity contribution in [1.29, 1.82) is 0 Å². The van der Waals surface area contributed by atoms with Gasteiger partial charge in [-0.15, -0.1) is 0 Å². The van der Waals surface area contributed by atoms with Gasteiger partial charge in [0.15, 0.2) is 0 Å². The van der Waals surface area contributed by atoms with Gasteiger partial charge in [-0.25, -0.2) is 0 Å². The van der Waals surface area contributed by atoms with Gasteiger partial charge in [0, 0.05) is 12.6 Å². The third-order valence-corrected chi connectivity index (χ3v) is 3.70. The minimum absolute atomic E-state index is 0.816. The first kappa shape index (κ1) is 10.5. The Morgan fingerprint density at radius 1 is 1.40 bits per heavy atom. The van der Waals surface area contributed by atoms with E-state index < -0.39 is 0 Å². The van der Waals surface area contributed by atoms with E-state index in [-0.39, 0.29) is 0 Å². The van der Waals surface area contributed by atoms with E-state index in [2.05, 4.69) is 12.0 Å². The number of aryl methyl sites for hydroxylation is 2.